The Morgan fingerprint density at radius 3 is 2.78 bits per heavy atom. The van der Waals surface area contributed by atoms with Gasteiger partial charge in [-0.3, -0.25) is 4.79 Å². The Bertz CT molecular complexity index is 380. The largest absolute Gasteiger partial charge is 0.380 e. The second-order valence-electron chi connectivity index (χ2n) is 4.25. The van der Waals surface area contributed by atoms with Crippen molar-refractivity contribution in [2.45, 2.75) is 33.0 Å². The van der Waals surface area contributed by atoms with Gasteiger partial charge in [-0.1, -0.05) is 24.3 Å². The molecule has 0 heterocycles. The van der Waals surface area contributed by atoms with E-state index < -0.39 is 0 Å². The van der Waals surface area contributed by atoms with Crippen molar-refractivity contribution in [3.63, 3.8) is 0 Å². The predicted octanol–water partition coefficient (Wildman–Crippen LogP) is 1.45. The molecule has 0 aromatic heterocycles. The maximum Gasteiger partial charge on any atom is 0.236 e. The molecule has 100 valence electrons. The fraction of sp³-hybridized carbons (Fsp3) is 0.500. The molecular formula is C14H22N2O2. The van der Waals surface area contributed by atoms with Crippen LogP contribution in [0.2, 0.25) is 0 Å². The molecule has 2 N–H and O–H groups in total. The number of likely N-dealkylation sites (N-methyl/N-ethyl adjacent to an activating group) is 1. The van der Waals surface area contributed by atoms with Crippen LogP contribution in [0, 0.1) is 0 Å². The molecule has 0 fully saturated rings. The van der Waals surface area contributed by atoms with Crippen molar-refractivity contribution in [3.8, 4) is 0 Å². The van der Waals surface area contributed by atoms with Gasteiger partial charge in [-0.2, -0.15) is 0 Å². The van der Waals surface area contributed by atoms with Gasteiger partial charge in [-0.25, -0.2) is 0 Å². The normalized spacial score (nSPS) is 12.2. The summed E-state index contributed by atoms with van der Waals surface area (Å²) in [4.78, 5) is 11.5. The van der Waals surface area contributed by atoms with Crippen molar-refractivity contribution >= 4 is 5.91 Å². The first-order valence-electron chi connectivity index (χ1n) is 6.25. The van der Waals surface area contributed by atoms with Gasteiger partial charge in [0, 0.05) is 20.2 Å². The lowest BCUT2D eigenvalue weighted by Crippen LogP contribution is -2.41. The van der Waals surface area contributed by atoms with Gasteiger partial charge >= 0.3 is 0 Å². The van der Waals surface area contributed by atoms with E-state index in [-0.39, 0.29) is 11.9 Å². The Labute approximate surface area is 109 Å². The van der Waals surface area contributed by atoms with Crippen molar-refractivity contribution in [1.82, 2.24) is 10.6 Å². The van der Waals surface area contributed by atoms with E-state index in [4.69, 9.17) is 4.74 Å². The highest BCUT2D eigenvalue weighted by molar-refractivity contribution is 5.81. The molecule has 0 radical (unpaired) electrons. The minimum Gasteiger partial charge on any atom is -0.380 e. The van der Waals surface area contributed by atoms with Crippen LogP contribution in [0.15, 0.2) is 24.3 Å². The molecule has 1 aromatic carbocycles. The smallest absolute Gasteiger partial charge is 0.236 e. The standard InChI is InChI=1S/C14H22N2O2/c1-4-15-14(17)11(2)16-9-12-6-5-7-13(8-12)10-18-3/h5-8,11,16H,4,9-10H2,1-3H3,(H,15,17). The molecule has 0 spiro atoms. The summed E-state index contributed by atoms with van der Waals surface area (Å²) in [6.07, 6.45) is 0. The molecule has 0 aliphatic carbocycles. The van der Waals surface area contributed by atoms with E-state index in [0.29, 0.717) is 19.7 Å². The molecule has 0 bridgehead atoms. The number of carbonyl (C=O) groups is 1. The minimum absolute atomic E-state index is 0.0329. The Morgan fingerprint density at radius 2 is 2.11 bits per heavy atom. The second-order valence-corrected chi connectivity index (χ2v) is 4.25. The van der Waals surface area contributed by atoms with E-state index in [1.165, 1.54) is 0 Å². The molecule has 1 rings (SSSR count). The average molecular weight is 250 g/mol. The van der Waals surface area contributed by atoms with E-state index in [2.05, 4.69) is 16.7 Å². The molecular weight excluding hydrogens is 228 g/mol. The number of amides is 1. The summed E-state index contributed by atoms with van der Waals surface area (Å²) in [5.41, 5.74) is 2.29. The zero-order chi connectivity index (χ0) is 13.4. The highest BCUT2D eigenvalue weighted by Crippen LogP contribution is 2.06. The van der Waals surface area contributed by atoms with Gasteiger partial charge in [0.05, 0.1) is 12.6 Å². The first-order chi connectivity index (χ1) is 8.67. The van der Waals surface area contributed by atoms with Crippen molar-refractivity contribution in [2.24, 2.45) is 0 Å². The van der Waals surface area contributed by atoms with Gasteiger partial charge in [0.15, 0.2) is 0 Å². The van der Waals surface area contributed by atoms with Crippen LogP contribution in [-0.2, 0) is 22.7 Å². The van der Waals surface area contributed by atoms with E-state index >= 15 is 0 Å². The van der Waals surface area contributed by atoms with Crippen LogP contribution in [0.4, 0.5) is 0 Å². The molecule has 1 atom stereocenters. The van der Waals surface area contributed by atoms with E-state index in [9.17, 15) is 4.79 Å². The Kier molecular flexibility index (Phi) is 6.39. The van der Waals surface area contributed by atoms with Gasteiger partial charge in [-0.05, 0) is 25.0 Å². The van der Waals surface area contributed by atoms with Gasteiger partial charge in [0.1, 0.15) is 0 Å². The summed E-state index contributed by atoms with van der Waals surface area (Å²) in [7, 11) is 1.68. The number of ether oxygens (including phenoxy) is 1. The van der Waals surface area contributed by atoms with Crippen molar-refractivity contribution < 1.29 is 9.53 Å². The third-order valence-corrected chi connectivity index (χ3v) is 2.66. The Hall–Kier alpha value is -1.39. The highest BCUT2D eigenvalue weighted by Gasteiger charge is 2.10. The molecule has 18 heavy (non-hydrogen) atoms. The molecule has 0 aliphatic heterocycles. The van der Waals surface area contributed by atoms with Crippen molar-refractivity contribution in [2.75, 3.05) is 13.7 Å². The summed E-state index contributed by atoms with van der Waals surface area (Å²) in [6.45, 7) is 5.73. The monoisotopic (exact) mass is 250 g/mol. The average Bonchev–Trinajstić information content (AvgIpc) is 2.37. The number of methoxy groups -OCH3 is 1. The number of benzene rings is 1. The summed E-state index contributed by atoms with van der Waals surface area (Å²) >= 11 is 0. The number of carbonyl (C=O) groups excluding carboxylic acids is 1. The predicted molar refractivity (Wildman–Crippen MR) is 72.1 cm³/mol. The number of rotatable bonds is 7. The molecule has 0 aliphatic rings. The van der Waals surface area contributed by atoms with Gasteiger partial charge in [-0.15, -0.1) is 0 Å². The van der Waals surface area contributed by atoms with Crippen LogP contribution in [0.5, 0.6) is 0 Å². The summed E-state index contributed by atoms with van der Waals surface area (Å²) < 4.78 is 5.09. The first kappa shape index (κ1) is 14.7. The zero-order valence-corrected chi connectivity index (χ0v) is 11.3. The Morgan fingerprint density at radius 1 is 1.39 bits per heavy atom. The third-order valence-electron chi connectivity index (χ3n) is 2.66. The SMILES string of the molecule is CCNC(=O)C(C)NCc1cccc(COC)c1. The summed E-state index contributed by atoms with van der Waals surface area (Å²) in [6, 6.07) is 7.97. The quantitative estimate of drug-likeness (QED) is 0.770. The lowest BCUT2D eigenvalue weighted by atomic mass is 10.1. The fourth-order valence-corrected chi connectivity index (χ4v) is 1.69. The van der Waals surface area contributed by atoms with E-state index in [1.807, 2.05) is 32.0 Å². The molecule has 0 saturated carbocycles. The second kappa shape index (κ2) is 7.84. The minimum atomic E-state index is -0.184. The fourth-order valence-electron chi connectivity index (χ4n) is 1.69. The lowest BCUT2D eigenvalue weighted by Gasteiger charge is -2.13. The Balaban J connectivity index is 2.47. The number of hydrogen-bond donors (Lipinski definition) is 2. The number of nitrogens with one attached hydrogen (secondary N) is 2. The number of hydrogen-bond acceptors (Lipinski definition) is 3. The van der Waals surface area contributed by atoms with Crippen LogP contribution in [0.3, 0.4) is 0 Å². The van der Waals surface area contributed by atoms with Crippen LogP contribution < -0.4 is 10.6 Å². The zero-order valence-electron chi connectivity index (χ0n) is 11.3. The van der Waals surface area contributed by atoms with Crippen LogP contribution >= 0.6 is 0 Å². The molecule has 1 aromatic rings. The molecule has 1 unspecified atom stereocenters. The molecule has 4 nitrogen and oxygen atoms in total. The maximum absolute atomic E-state index is 11.5. The summed E-state index contributed by atoms with van der Waals surface area (Å²) in [5, 5.41) is 5.99. The lowest BCUT2D eigenvalue weighted by molar-refractivity contribution is -0.122. The first-order valence-corrected chi connectivity index (χ1v) is 6.25. The summed E-state index contributed by atoms with van der Waals surface area (Å²) in [5.74, 6) is 0.0329. The molecule has 1 amide bonds. The third kappa shape index (κ3) is 4.85. The van der Waals surface area contributed by atoms with Gasteiger partial charge in [0.25, 0.3) is 0 Å². The van der Waals surface area contributed by atoms with Crippen LogP contribution in [0.25, 0.3) is 0 Å². The van der Waals surface area contributed by atoms with E-state index in [0.717, 1.165) is 11.1 Å². The molecule has 0 saturated heterocycles. The molecule has 4 heteroatoms. The van der Waals surface area contributed by atoms with Gasteiger partial charge in [0.2, 0.25) is 5.91 Å². The van der Waals surface area contributed by atoms with Crippen LogP contribution in [-0.4, -0.2) is 25.6 Å². The van der Waals surface area contributed by atoms with Crippen molar-refractivity contribution in [1.29, 1.82) is 0 Å². The van der Waals surface area contributed by atoms with Gasteiger partial charge < -0.3 is 15.4 Å². The van der Waals surface area contributed by atoms with Crippen LogP contribution in [0.1, 0.15) is 25.0 Å². The van der Waals surface area contributed by atoms with E-state index in [1.54, 1.807) is 7.11 Å². The van der Waals surface area contributed by atoms with Crippen molar-refractivity contribution in [3.05, 3.63) is 35.4 Å². The topological polar surface area (TPSA) is 50.4 Å². The maximum atomic E-state index is 11.5. The highest BCUT2D eigenvalue weighted by atomic mass is 16.5.